The van der Waals surface area contributed by atoms with E-state index < -0.39 is 0 Å². The standard InChI is InChI=1S/C26H38Cl2N2O2.2ClH/c1-4-6-15-30(16-7-5-2)17-9-14-29-19-21-10-8-11-25(31-3)26(21)32-20-22-12-13-23(27)18-24(22)28;;/h8,10-13,18,29H,4-7,9,14-17,19-20H2,1-3H3;2*1H. The first-order valence-electron chi connectivity index (χ1n) is 11.7. The molecule has 34 heavy (non-hydrogen) atoms. The fraction of sp³-hybridized carbons (Fsp3) is 0.538. The summed E-state index contributed by atoms with van der Waals surface area (Å²) in [7, 11) is 1.66. The van der Waals surface area contributed by atoms with Gasteiger partial charge in [0, 0.05) is 27.7 Å². The lowest BCUT2D eigenvalue weighted by Gasteiger charge is -2.22. The molecule has 8 heteroatoms. The molecule has 0 spiro atoms. The molecule has 4 nitrogen and oxygen atoms in total. The lowest BCUT2D eigenvalue weighted by Crippen LogP contribution is -2.29. The largest absolute Gasteiger partial charge is 0.493 e. The van der Waals surface area contributed by atoms with Crippen LogP contribution in [0, 0.1) is 0 Å². The zero-order chi connectivity index (χ0) is 23.2. The molecule has 2 aromatic rings. The van der Waals surface area contributed by atoms with E-state index in [0.29, 0.717) is 16.7 Å². The number of para-hydroxylation sites is 1. The van der Waals surface area contributed by atoms with Crippen LogP contribution in [0.2, 0.25) is 10.0 Å². The maximum atomic E-state index is 6.30. The van der Waals surface area contributed by atoms with Gasteiger partial charge in [-0.15, -0.1) is 24.8 Å². The van der Waals surface area contributed by atoms with Crippen LogP contribution in [0.25, 0.3) is 0 Å². The highest BCUT2D eigenvalue weighted by Crippen LogP contribution is 2.32. The summed E-state index contributed by atoms with van der Waals surface area (Å²) in [5.41, 5.74) is 1.96. The Balaban J connectivity index is 0.00000544. The first kappa shape index (κ1) is 33.1. The fourth-order valence-electron chi connectivity index (χ4n) is 3.56. The molecule has 0 amide bonds. The molecule has 0 saturated heterocycles. The quantitative estimate of drug-likeness (QED) is 0.215. The van der Waals surface area contributed by atoms with Crippen LogP contribution in [0.1, 0.15) is 57.1 Å². The third-order valence-corrected chi connectivity index (χ3v) is 6.05. The van der Waals surface area contributed by atoms with Crippen LogP contribution in [0.4, 0.5) is 0 Å². The Morgan fingerprint density at radius 2 is 1.56 bits per heavy atom. The van der Waals surface area contributed by atoms with Crippen molar-refractivity contribution >= 4 is 48.0 Å². The number of nitrogens with one attached hydrogen (secondary N) is 1. The minimum atomic E-state index is 0. The third-order valence-electron chi connectivity index (χ3n) is 5.47. The van der Waals surface area contributed by atoms with Crippen molar-refractivity contribution in [3.05, 3.63) is 57.6 Å². The molecule has 0 fully saturated rings. The van der Waals surface area contributed by atoms with Gasteiger partial charge in [0.25, 0.3) is 0 Å². The van der Waals surface area contributed by atoms with Gasteiger partial charge in [-0.3, -0.25) is 0 Å². The van der Waals surface area contributed by atoms with Crippen LogP contribution >= 0.6 is 48.0 Å². The molecule has 0 aromatic heterocycles. The van der Waals surface area contributed by atoms with Crippen LogP contribution in [0.3, 0.4) is 0 Å². The average Bonchev–Trinajstić information content (AvgIpc) is 2.79. The number of benzene rings is 2. The molecular weight excluding hydrogens is 514 g/mol. The lowest BCUT2D eigenvalue weighted by atomic mass is 10.1. The maximum Gasteiger partial charge on any atom is 0.166 e. The second-order valence-electron chi connectivity index (χ2n) is 8.05. The molecule has 0 aliphatic heterocycles. The van der Waals surface area contributed by atoms with Gasteiger partial charge in [-0.05, 0) is 63.6 Å². The normalized spacial score (nSPS) is 10.5. The van der Waals surface area contributed by atoms with E-state index in [-0.39, 0.29) is 24.8 Å². The van der Waals surface area contributed by atoms with E-state index in [4.69, 9.17) is 32.7 Å². The van der Waals surface area contributed by atoms with Crippen LogP contribution in [-0.2, 0) is 13.2 Å². The second-order valence-corrected chi connectivity index (χ2v) is 8.90. The monoisotopic (exact) mass is 552 g/mol. The maximum absolute atomic E-state index is 6.30. The van der Waals surface area contributed by atoms with Crippen molar-refractivity contribution in [1.29, 1.82) is 0 Å². The van der Waals surface area contributed by atoms with Crippen LogP contribution < -0.4 is 14.8 Å². The van der Waals surface area contributed by atoms with Crippen molar-refractivity contribution < 1.29 is 9.47 Å². The average molecular weight is 554 g/mol. The highest BCUT2D eigenvalue weighted by atomic mass is 35.5. The topological polar surface area (TPSA) is 33.7 Å². The smallest absolute Gasteiger partial charge is 0.166 e. The summed E-state index contributed by atoms with van der Waals surface area (Å²) in [5, 5.41) is 4.79. The molecule has 2 rings (SSSR count). The highest BCUT2D eigenvalue weighted by Gasteiger charge is 2.12. The Labute approximate surface area is 228 Å². The number of rotatable bonds is 16. The summed E-state index contributed by atoms with van der Waals surface area (Å²) in [6.07, 6.45) is 6.19. The Morgan fingerprint density at radius 1 is 0.882 bits per heavy atom. The number of nitrogens with zero attached hydrogens (tertiary/aromatic N) is 1. The number of halogens is 4. The van der Waals surface area contributed by atoms with E-state index in [1.807, 2.05) is 24.3 Å². The second kappa shape index (κ2) is 19.3. The van der Waals surface area contributed by atoms with Gasteiger partial charge in [-0.25, -0.2) is 0 Å². The van der Waals surface area contributed by atoms with E-state index >= 15 is 0 Å². The van der Waals surface area contributed by atoms with E-state index in [1.165, 1.54) is 38.8 Å². The molecule has 194 valence electrons. The first-order chi connectivity index (χ1) is 15.6. The third kappa shape index (κ3) is 11.7. The first-order valence-corrected chi connectivity index (χ1v) is 12.5. The lowest BCUT2D eigenvalue weighted by molar-refractivity contribution is 0.260. The van der Waals surface area contributed by atoms with Gasteiger partial charge in [0.05, 0.1) is 7.11 Å². The number of unbranched alkanes of at least 4 members (excludes halogenated alkanes) is 2. The fourth-order valence-corrected chi connectivity index (χ4v) is 4.03. The predicted octanol–water partition coefficient (Wildman–Crippen LogP) is 7.81. The van der Waals surface area contributed by atoms with Crippen LogP contribution in [-0.4, -0.2) is 38.2 Å². The zero-order valence-electron chi connectivity index (χ0n) is 20.6. The zero-order valence-corrected chi connectivity index (χ0v) is 23.7. The molecule has 0 saturated carbocycles. The molecule has 1 N–H and O–H groups in total. The summed E-state index contributed by atoms with van der Waals surface area (Å²) in [5.74, 6) is 1.47. The van der Waals surface area contributed by atoms with Gasteiger partial charge in [-0.2, -0.15) is 0 Å². The molecule has 0 aliphatic carbocycles. The van der Waals surface area contributed by atoms with Gasteiger partial charge in [0.2, 0.25) is 0 Å². The van der Waals surface area contributed by atoms with Gasteiger partial charge in [0.15, 0.2) is 11.5 Å². The molecular formula is C26H40Cl4N2O2. The Kier molecular flexibility index (Phi) is 18.8. The van der Waals surface area contributed by atoms with Gasteiger partial charge in [-0.1, -0.05) is 68.1 Å². The summed E-state index contributed by atoms with van der Waals surface area (Å²) < 4.78 is 11.7. The number of hydrogen-bond acceptors (Lipinski definition) is 4. The summed E-state index contributed by atoms with van der Waals surface area (Å²) in [4.78, 5) is 2.60. The van der Waals surface area contributed by atoms with Crippen molar-refractivity contribution in [3.8, 4) is 11.5 Å². The van der Waals surface area contributed by atoms with E-state index in [0.717, 1.165) is 48.7 Å². The van der Waals surface area contributed by atoms with Crippen LogP contribution in [0.5, 0.6) is 11.5 Å². The predicted molar refractivity (Wildman–Crippen MR) is 151 cm³/mol. The van der Waals surface area contributed by atoms with Crippen molar-refractivity contribution in [2.75, 3.05) is 33.3 Å². The van der Waals surface area contributed by atoms with Crippen molar-refractivity contribution in [2.24, 2.45) is 0 Å². The minimum absolute atomic E-state index is 0. The summed E-state index contributed by atoms with van der Waals surface area (Å²) in [6, 6.07) is 11.4. The van der Waals surface area contributed by atoms with Gasteiger partial charge >= 0.3 is 0 Å². The van der Waals surface area contributed by atoms with Crippen LogP contribution in [0.15, 0.2) is 36.4 Å². The van der Waals surface area contributed by atoms with Crippen molar-refractivity contribution in [1.82, 2.24) is 10.2 Å². The molecule has 0 aliphatic rings. The van der Waals surface area contributed by atoms with Crippen molar-refractivity contribution in [2.45, 2.75) is 59.1 Å². The molecule has 0 heterocycles. The minimum Gasteiger partial charge on any atom is -0.493 e. The highest BCUT2D eigenvalue weighted by molar-refractivity contribution is 6.35. The van der Waals surface area contributed by atoms with E-state index in [9.17, 15) is 0 Å². The molecule has 0 radical (unpaired) electrons. The molecule has 0 atom stereocenters. The van der Waals surface area contributed by atoms with E-state index in [2.05, 4.69) is 30.1 Å². The van der Waals surface area contributed by atoms with Gasteiger partial charge in [0.1, 0.15) is 6.61 Å². The molecule has 0 bridgehead atoms. The van der Waals surface area contributed by atoms with Gasteiger partial charge < -0.3 is 19.7 Å². The Morgan fingerprint density at radius 3 is 2.18 bits per heavy atom. The number of ether oxygens (including phenoxy) is 2. The number of methoxy groups -OCH3 is 1. The Bertz CT molecular complexity index is 800. The Hall–Kier alpha value is -0.880. The molecule has 2 aromatic carbocycles. The number of hydrogen-bond donors (Lipinski definition) is 1. The molecule has 0 unspecified atom stereocenters. The van der Waals surface area contributed by atoms with Crippen molar-refractivity contribution in [3.63, 3.8) is 0 Å². The summed E-state index contributed by atoms with van der Waals surface area (Å²) >= 11 is 12.3. The summed E-state index contributed by atoms with van der Waals surface area (Å²) in [6.45, 7) is 10.1. The van der Waals surface area contributed by atoms with E-state index in [1.54, 1.807) is 13.2 Å². The SMILES string of the molecule is CCCCN(CCCC)CCCNCc1cccc(OC)c1OCc1ccc(Cl)cc1Cl.Cl.Cl.